The third-order valence-corrected chi connectivity index (χ3v) is 3.89. The monoisotopic (exact) mass is 287 g/mol. The number of aromatic hydroxyl groups is 1. The molecule has 21 heavy (non-hydrogen) atoms. The number of carbonyl (C=O) groups is 1. The zero-order valence-corrected chi connectivity index (χ0v) is 12.5. The van der Waals surface area contributed by atoms with Crippen LogP contribution in [0.25, 0.3) is 21.9 Å². The van der Waals surface area contributed by atoms with Crippen molar-refractivity contribution >= 4 is 27.9 Å². The molecule has 0 saturated heterocycles. The second kappa shape index (κ2) is 4.51. The quantitative estimate of drug-likeness (QED) is 0.734. The van der Waals surface area contributed by atoms with Crippen LogP contribution < -0.4 is 0 Å². The van der Waals surface area contributed by atoms with E-state index in [0.29, 0.717) is 23.1 Å². The first-order valence-corrected chi connectivity index (χ1v) is 6.76. The van der Waals surface area contributed by atoms with Crippen molar-refractivity contribution in [3.05, 3.63) is 23.7 Å². The molecule has 0 unspecified atom stereocenters. The van der Waals surface area contributed by atoms with Gasteiger partial charge in [-0.1, -0.05) is 0 Å². The maximum Gasteiger partial charge on any atom is 0.340 e. The summed E-state index contributed by atoms with van der Waals surface area (Å²) in [5.74, 6) is -0.309. The fourth-order valence-corrected chi connectivity index (χ4v) is 2.82. The van der Waals surface area contributed by atoms with Gasteiger partial charge in [-0.05, 0) is 19.9 Å². The lowest BCUT2D eigenvalue weighted by Crippen LogP contribution is -2.06. The molecule has 0 saturated carbocycles. The number of phenolic OH excluding ortho intramolecular Hbond substituents is 1. The molecule has 6 heteroatoms. The van der Waals surface area contributed by atoms with Crippen molar-refractivity contribution in [2.45, 2.75) is 13.8 Å². The highest BCUT2D eigenvalue weighted by atomic mass is 16.5. The summed E-state index contributed by atoms with van der Waals surface area (Å²) in [6.07, 6.45) is 1.65. The molecule has 0 amide bonds. The highest BCUT2D eigenvalue weighted by molar-refractivity contribution is 6.14. The van der Waals surface area contributed by atoms with Crippen molar-refractivity contribution in [2.24, 2.45) is 14.1 Å². The zero-order valence-electron chi connectivity index (χ0n) is 12.5. The Balaban J connectivity index is 2.49. The molecule has 2 aromatic heterocycles. The fraction of sp³-hybridized carbons (Fsp3) is 0.333. The maximum absolute atomic E-state index is 12.2. The molecule has 1 N–H and O–H groups in total. The van der Waals surface area contributed by atoms with Crippen molar-refractivity contribution in [2.75, 3.05) is 6.61 Å². The molecule has 1 aromatic carbocycles. The van der Waals surface area contributed by atoms with Gasteiger partial charge >= 0.3 is 5.97 Å². The Morgan fingerprint density at radius 3 is 2.76 bits per heavy atom. The second-order valence-electron chi connectivity index (χ2n) is 5.08. The molecular formula is C15H17N3O3. The first-order chi connectivity index (χ1) is 9.97. The van der Waals surface area contributed by atoms with Crippen molar-refractivity contribution in [3.8, 4) is 5.75 Å². The lowest BCUT2D eigenvalue weighted by atomic mass is 10.1. The molecule has 0 radical (unpaired) electrons. The largest absolute Gasteiger partial charge is 0.506 e. The Labute approximate surface area is 121 Å². The van der Waals surface area contributed by atoms with Gasteiger partial charge in [0.2, 0.25) is 0 Å². The second-order valence-corrected chi connectivity index (χ2v) is 5.08. The van der Waals surface area contributed by atoms with E-state index in [2.05, 4.69) is 4.98 Å². The number of nitrogens with zero attached hydrogens (tertiary/aromatic N) is 3. The Hall–Kier alpha value is -2.50. The third-order valence-electron chi connectivity index (χ3n) is 3.89. The van der Waals surface area contributed by atoms with Gasteiger partial charge in [0, 0.05) is 25.2 Å². The molecule has 0 aliphatic heterocycles. The number of esters is 1. The van der Waals surface area contributed by atoms with Crippen LogP contribution in [0.1, 0.15) is 23.0 Å². The summed E-state index contributed by atoms with van der Waals surface area (Å²) in [4.78, 5) is 16.4. The molecular weight excluding hydrogens is 270 g/mol. The maximum atomic E-state index is 12.2. The molecule has 6 nitrogen and oxygen atoms in total. The van der Waals surface area contributed by atoms with Crippen molar-refractivity contribution in [1.82, 2.24) is 14.1 Å². The summed E-state index contributed by atoms with van der Waals surface area (Å²) in [6.45, 7) is 3.95. The lowest BCUT2D eigenvalue weighted by Gasteiger charge is -2.03. The molecule has 3 rings (SSSR count). The molecule has 110 valence electrons. The van der Waals surface area contributed by atoms with Gasteiger partial charge in [0.15, 0.2) is 0 Å². The third kappa shape index (κ3) is 1.72. The number of imidazole rings is 1. The molecule has 0 bridgehead atoms. The molecule has 0 atom stereocenters. The first-order valence-electron chi connectivity index (χ1n) is 6.76. The topological polar surface area (TPSA) is 69.3 Å². The van der Waals surface area contributed by atoms with E-state index in [1.165, 1.54) is 0 Å². The SMILES string of the molecule is CCOC(=O)c1c(C)n(C)c2c1cc(O)c1ncn(C)c12. The Bertz CT molecular complexity index is 874. The fourth-order valence-electron chi connectivity index (χ4n) is 2.82. The van der Waals surface area contributed by atoms with E-state index in [1.807, 2.05) is 30.2 Å². The number of benzene rings is 1. The summed E-state index contributed by atoms with van der Waals surface area (Å²) in [5.41, 5.74) is 3.49. The van der Waals surface area contributed by atoms with E-state index in [0.717, 1.165) is 16.7 Å². The lowest BCUT2D eigenvalue weighted by molar-refractivity contribution is 0.0527. The van der Waals surface area contributed by atoms with Gasteiger partial charge in [-0.25, -0.2) is 9.78 Å². The number of ether oxygens (including phenoxy) is 1. The molecule has 0 aliphatic carbocycles. The van der Waals surface area contributed by atoms with E-state index in [4.69, 9.17) is 4.74 Å². The molecule has 0 spiro atoms. The summed E-state index contributed by atoms with van der Waals surface area (Å²) in [6, 6.07) is 1.59. The number of hydrogen-bond acceptors (Lipinski definition) is 4. The van der Waals surface area contributed by atoms with Crippen LogP contribution in [0.15, 0.2) is 12.4 Å². The zero-order chi connectivity index (χ0) is 15.3. The standard InChI is InChI=1S/C15H17N3O3/c1-5-21-15(20)11-8(2)18(4)13-9(11)6-10(19)12-14(13)17(3)7-16-12/h6-7,19H,5H2,1-4H3. The van der Waals surface area contributed by atoms with Gasteiger partial charge in [-0.15, -0.1) is 0 Å². The average Bonchev–Trinajstić information content (AvgIpc) is 2.91. The predicted octanol–water partition coefficient (Wildman–Crippen LogP) is 2.26. The van der Waals surface area contributed by atoms with Crippen molar-refractivity contribution in [1.29, 1.82) is 0 Å². The highest BCUT2D eigenvalue weighted by Crippen LogP contribution is 2.36. The van der Waals surface area contributed by atoms with E-state index < -0.39 is 0 Å². The minimum absolute atomic E-state index is 0.0641. The summed E-state index contributed by atoms with van der Waals surface area (Å²) in [5, 5.41) is 10.9. The van der Waals surface area contributed by atoms with Crippen LogP contribution in [-0.4, -0.2) is 31.8 Å². The molecule has 2 heterocycles. The molecule has 3 aromatic rings. The van der Waals surface area contributed by atoms with Gasteiger partial charge in [-0.3, -0.25) is 0 Å². The number of aromatic nitrogens is 3. The summed E-state index contributed by atoms with van der Waals surface area (Å²) >= 11 is 0. The van der Waals surface area contributed by atoms with Crippen LogP contribution in [0.2, 0.25) is 0 Å². The van der Waals surface area contributed by atoms with E-state index in [9.17, 15) is 9.90 Å². The number of fused-ring (bicyclic) bond motifs is 3. The van der Waals surface area contributed by atoms with E-state index in [1.54, 1.807) is 19.3 Å². The van der Waals surface area contributed by atoms with Gasteiger partial charge in [0.25, 0.3) is 0 Å². The normalized spacial score (nSPS) is 11.4. The van der Waals surface area contributed by atoms with E-state index >= 15 is 0 Å². The van der Waals surface area contributed by atoms with Gasteiger partial charge in [0.1, 0.15) is 11.3 Å². The highest BCUT2D eigenvalue weighted by Gasteiger charge is 2.23. The van der Waals surface area contributed by atoms with Crippen molar-refractivity contribution < 1.29 is 14.6 Å². The summed E-state index contributed by atoms with van der Waals surface area (Å²) < 4.78 is 8.91. The van der Waals surface area contributed by atoms with Gasteiger partial charge in [-0.2, -0.15) is 0 Å². The molecule has 0 aliphatic rings. The number of hydrogen-bond donors (Lipinski definition) is 1. The van der Waals surface area contributed by atoms with Crippen LogP contribution >= 0.6 is 0 Å². The number of carbonyl (C=O) groups excluding carboxylic acids is 1. The van der Waals surface area contributed by atoms with Crippen LogP contribution in [0, 0.1) is 6.92 Å². The first kappa shape index (κ1) is 13.5. The number of phenols is 1. The van der Waals surface area contributed by atoms with Gasteiger partial charge in [0.05, 0.1) is 29.5 Å². The van der Waals surface area contributed by atoms with Crippen LogP contribution in [0.4, 0.5) is 0 Å². The Morgan fingerprint density at radius 1 is 1.38 bits per heavy atom. The minimum Gasteiger partial charge on any atom is -0.506 e. The van der Waals surface area contributed by atoms with Gasteiger partial charge < -0.3 is 19.0 Å². The van der Waals surface area contributed by atoms with Crippen LogP contribution in [0.5, 0.6) is 5.75 Å². The van der Waals surface area contributed by atoms with Crippen LogP contribution in [-0.2, 0) is 18.8 Å². The smallest absolute Gasteiger partial charge is 0.340 e. The van der Waals surface area contributed by atoms with Crippen molar-refractivity contribution in [3.63, 3.8) is 0 Å². The minimum atomic E-state index is -0.374. The Morgan fingerprint density at radius 2 is 2.10 bits per heavy atom. The number of aryl methyl sites for hydroxylation is 2. The Kier molecular flexibility index (Phi) is 2.90. The summed E-state index contributed by atoms with van der Waals surface area (Å²) in [7, 11) is 3.75. The predicted molar refractivity (Wildman–Crippen MR) is 79.5 cm³/mol. The average molecular weight is 287 g/mol. The number of rotatable bonds is 2. The van der Waals surface area contributed by atoms with Crippen LogP contribution in [0.3, 0.4) is 0 Å². The molecule has 0 fully saturated rings. The van der Waals surface area contributed by atoms with E-state index in [-0.39, 0.29) is 11.7 Å².